The Bertz CT molecular complexity index is 395. The molecule has 0 aliphatic heterocycles. The van der Waals surface area contributed by atoms with E-state index in [1.807, 2.05) is 19.9 Å². The van der Waals surface area contributed by atoms with E-state index in [0.29, 0.717) is 12.1 Å². The molecular formula is C11H13N3O. The number of amides is 1. The van der Waals surface area contributed by atoms with E-state index in [1.54, 1.807) is 12.3 Å². The summed E-state index contributed by atoms with van der Waals surface area (Å²) >= 11 is 0. The number of pyridine rings is 1. The average Bonchev–Trinajstić information content (AvgIpc) is 2.25. The van der Waals surface area contributed by atoms with Crippen LogP contribution >= 0.6 is 0 Å². The molecule has 0 unspecified atom stereocenters. The minimum atomic E-state index is -0.143. The first-order chi connectivity index (χ1) is 7.19. The number of aromatic nitrogens is 1. The lowest BCUT2D eigenvalue weighted by Gasteiger charge is -2.16. The highest BCUT2D eigenvalue weighted by atomic mass is 16.2. The van der Waals surface area contributed by atoms with E-state index < -0.39 is 0 Å². The second-order valence-electron chi connectivity index (χ2n) is 3.23. The van der Waals surface area contributed by atoms with Crippen LogP contribution in [0.15, 0.2) is 18.5 Å². The maximum absolute atomic E-state index is 11.9. The van der Waals surface area contributed by atoms with Gasteiger partial charge in [0.05, 0.1) is 11.6 Å². The van der Waals surface area contributed by atoms with Crippen molar-refractivity contribution in [2.45, 2.75) is 13.8 Å². The van der Waals surface area contributed by atoms with Crippen molar-refractivity contribution in [1.82, 2.24) is 9.88 Å². The van der Waals surface area contributed by atoms with E-state index in [-0.39, 0.29) is 12.5 Å². The molecule has 0 spiro atoms. The predicted molar refractivity (Wildman–Crippen MR) is 56.2 cm³/mol. The molecule has 15 heavy (non-hydrogen) atoms. The van der Waals surface area contributed by atoms with Gasteiger partial charge in [-0.2, -0.15) is 5.26 Å². The smallest absolute Gasteiger partial charge is 0.256 e. The quantitative estimate of drug-likeness (QED) is 0.697. The highest BCUT2D eigenvalue weighted by molar-refractivity contribution is 5.94. The SMILES string of the molecule is CCN(CC#N)C(=O)c1cncc(C)c1. The Morgan fingerprint density at radius 3 is 2.87 bits per heavy atom. The van der Waals surface area contributed by atoms with E-state index in [1.165, 1.54) is 11.1 Å². The van der Waals surface area contributed by atoms with E-state index >= 15 is 0 Å². The lowest BCUT2D eigenvalue weighted by atomic mass is 10.2. The predicted octanol–water partition coefficient (Wildman–Crippen LogP) is 1.38. The van der Waals surface area contributed by atoms with E-state index in [2.05, 4.69) is 4.98 Å². The Morgan fingerprint density at radius 1 is 1.60 bits per heavy atom. The van der Waals surface area contributed by atoms with Crippen molar-refractivity contribution >= 4 is 5.91 Å². The topological polar surface area (TPSA) is 57.0 Å². The van der Waals surface area contributed by atoms with Crippen molar-refractivity contribution in [2.75, 3.05) is 13.1 Å². The normalized spacial score (nSPS) is 9.40. The van der Waals surface area contributed by atoms with Crippen LogP contribution in [0.3, 0.4) is 0 Å². The monoisotopic (exact) mass is 203 g/mol. The van der Waals surface area contributed by atoms with Crippen LogP contribution < -0.4 is 0 Å². The summed E-state index contributed by atoms with van der Waals surface area (Å²) in [6.07, 6.45) is 3.22. The van der Waals surface area contributed by atoms with Crippen LogP contribution in [0.2, 0.25) is 0 Å². The molecule has 4 heteroatoms. The van der Waals surface area contributed by atoms with Crippen LogP contribution in [0.5, 0.6) is 0 Å². The molecular weight excluding hydrogens is 190 g/mol. The summed E-state index contributed by atoms with van der Waals surface area (Å²) in [5, 5.41) is 8.56. The third kappa shape index (κ3) is 2.78. The Balaban J connectivity index is 2.88. The summed E-state index contributed by atoms with van der Waals surface area (Å²) < 4.78 is 0. The summed E-state index contributed by atoms with van der Waals surface area (Å²) in [6.45, 7) is 4.37. The fraction of sp³-hybridized carbons (Fsp3) is 0.364. The van der Waals surface area contributed by atoms with Gasteiger partial charge in [-0.3, -0.25) is 9.78 Å². The number of hydrogen-bond acceptors (Lipinski definition) is 3. The minimum absolute atomic E-state index is 0.114. The van der Waals surface area contributed by atoms with Gasteiger partial charge in [0.25, 0.3) is 5.91 Å². The summed E-state index contributed by atoms with van der Waals surface area (Å²) in [5.41, 5.74) is 1.47. The molecule has 4 nitrogen and oxygen atoms in total. The average molecular weight is 203 g/mol. The van der Waals surface area contributed by atoms with Crippen LogP contribution in [0.1, 0.15) is 22.8 Å². The van der Waals surface area contributed by atoms with Crippen LogP contribution in [0, 0.1) is 18.3 Å². The van der Waals surface area contributed by atoms with Crippen molar-refractivity contribution in [2.24, 2.45) is 0 Å². The van der Waals surface area contributed by atoms with Gasteiger partial charge in [-0.25, -0.2) is 0 Å². The fourth-order valence-electron chi connectivity index (χ4n) is 1.27. The molecule has 1 amide bonds. The number of nitrogens with zero attached hydrogens (tertiary/aromatic N) is 3. The van der Waals surface area contributed by atoms with Gasteiger partial charge in [0.2, 0.25) is 0 Å². The zero-order valence-electron chi connectivity index (χ0n) is 8.90. The molecule has 1 heterocycles. The number of carbonyl (C=O) groups is 1. The van der Waals surface area contributed by atoms with Crippen molar-refractivity contribution in [3.05, 3.63) is 29.6 Å². The van der Waals surface area contributed by atoms with E-state index in [9.17, 15) is 4.79 Å². The standard InChI is InChI=1S/C11H13N3O/c1-3-14(5-4-12)11(15)10-6-9(2)7-13-8-10/h6-8H,3,5H2,1-2H3. The maximum atomic E-state index is 11.9. The number of hydrogen-bond donors (Lipinski definition) is 0. The van der Waals surface area contributed by atoms with Crippen LogP contribution in [0.25, 0.3) is 0 Å². The molecule has 0 bridgehead atoms. The van der Waals surface area contributed by atoms with Gasteiger partial charge in [0.15, 0.2) is 0 Å². The van der Waals surface area contributed by atoms with Gasteiger partial charge in [-0.05, 0) is 25.5 Å². The molecule has 0 aliphatic carbocycles. The maximum Gasteiger partial charge on any atom is 0.256 e. The molecule has 1 aromatic heterocycles. The van der Waals surface area contributed by atoms with Crippen molar-refractivity contribution in [1.29, 1.82) is 5.26 Å². The molecule has 0 saturated carbocycles. The molecule has 0 N–H and O–H groups in total. The number of aryl methyl sites for hydroxylation is 1. The van der Waals surface area contributed by atoms with Crippen molar-refractivity contribution < 1.29 is 4.79 Å². The highest BCUT2D eigenvalue weighted by Crippen LogP contribution is 2.05. The number of carbonyl (C=O) groups excluding carboxylic acids is 1. The van der Waals surface area contributed by atoms with Crippen molar-refractivity contribution in [3.63, 3.8) is 0 Å². The highest BCUT2D eigenvalue weighted by Gasteiger charge is 2.13. The first-order valence-electron chi connectivity index (χ1n) is 4.77. The third-order valence-corrected chi connectivity index (χ3v) is 2.05. The second-order valence-corrected chi connectivity index (χ2v) is 3.23. The zero-order chi connectivity index (χ0) is 11.3. The fourth-order valence-corrected chi connectivity index (χ4v) is 1.27. The molecule has 0 fully saturated rings. The number of nitriles is 1. The molecule has 78 valence electrons. The largest absolute Gasteiger partial charge is 0.326 e. The first kappa shape index (κ1) is 11.2. The van der Waals surface area contributed by atoms with Crippen LogP contribution in [-0.2, 0) is 0 Å². The zero-order valence-corrected chi connectivity index (χ0v) is 8.90. The van der Waals surface area contributed by atoms with Gasteiger partial charge in [-0.15, -0.1) is 0 Å². The molecule has 1 rings (SSSR count). The van der Waals surface area contributed by atoms with Crippen LogP contribution in [0.4, 0.5) is 0 Å². The summed E-state index contributed by atoms with van der Waals surface area (Å²) in [7, 11) is 0. The lowest BCUT2D eigenvalue weighted by Crippen LogP contribution is -2.31. The number of rotatable bonds is 3. The molecule has 0 aliphatic rings. The molecule has 0 saturated heterocycles. The van der Waals surface area contributed by atoms with Gasteiger partial charge in [0.1, 0.15) is 6.54 Å². The molecule has 0 atom stereocenters. The third-order valence-electron chi connectivity index (χ3n) is 2.05. The van der Waals surface area contributed by atoms with E-state index in [4.69, 9.17) is 5.26 Å². The second kappa shape index (κ2) is 5.11. The lowest BCUT2D eigenvalue weighted by molar-refractivity contribution is 0.0783. The van der Waals surface area contributed by atoms with Gasteiger partial charge < -0.3 is 4.90 Å². The van der Waals surface area contributed by atoms with Crippen LogP contribution in [-0.4, -0.2) is 28.9 Å². The Kier molecular flexibility index (Phi) is 3.81. The Labute approximate surface area is 89.2 Å². The minimum Gasteiger partial charge on any atom is -0.326 e. The van der Waals surface area contributed by atoms with Gasteiger partial charge in [0, 0.05) is 18.9 Å². The summed E-state index contributed by atoms with van der Waals surface area (Å²) in [4.78, 5) is 17.3. The van der Waals surface area contributed by atoms with Gasteiger partial charge >= 0.3 is 0 Å². The molecule has 0 aromatic carbocycles. The van der Waals surface area contributed by atoms with Crippen molar-refractivity contribution in [3.8, 4) is 6.07 Å². The summed E-state index contributed by atoms with van der Waals surface area (Å²) in [5.74, 6) is -0.143. The molecule has 1 aromatic rings. The van der Waals surface area contributed by atoms with Gasteiger partial charge in [-0.1, -0.05) is 0 Å². The first-order valence-corrected chi connectivity index (χ1v) is 4.77. The molecule has 0 radical (unpaired) electrons. The summed E-state index contributed by atoms with van der Waals surface area (Å²) in [6, 6.07) is 3.74. The Hall–Kier alpha value is -1.89. The van der Waals surface area contributed by atoms with E-state index in [0.717, 1.165) is 5.56 Å². The Morgan fingerprint density at radius 2 is 2.33 bits per heavy atom.